The third kappa shape index (κ3) is 1.87. The molecule has 0 spiro atoms. The molecule has 1 aliphatic carbocycles. The minimum Gasteiger partial charge on any atom is -0.309 e. The summed E-state index contributed by atoms with van der Waals surface area (Å²) < 4.78 is 37.5. The molecule has 1 aromatic rings. The number of hydrogen-bond donors (Lipinski definition) is 1. The van der Waals surface area contributed by atoms with Crippen LogP contribution in [0.2, 0.25) is 0 Å². The summed E-state index contributed by atoms with van der Waals surface area (Å²) in [6, 6.07) is 4.32. The van der Waals surface area contributed by atoms with Crippen LogP contribution in [0, 0.1) is 5.82 Å². The van der Waals surface area contributed by atoms with Crippen LogP contribution < -0.4 is 5.32 Å². The first kappa shape index (κ1) is 11.9. The summed E-state index contributed by atoms with van der Waals surface area (Å²) in [4.78, 5) is 0.433. The quantitative estimate of drug-likeness (QED) is 0.912. The largest absolute Gasteiger partial charge is 0.309 e. The Morgan fingerprint density at radius 1 is 1.33 bits per heavy atom. The van der Waals surface area contributed by atoms with Crippen molar-refractivity contribution < 1.29 is 12.8 Å². The topological polar surface area (TPSA) is 46.2 Å². The second-order valence-corrected chi connectivity index (χ2v) is 6.78. The van der Waals surface area contributed by atoms with Gasteiger partial charge in [-0.15, -0.1) is 0 Å². The molecular formula is C13H14FNO2S. The van der Waals surface area contributed by atoms with Gasteiger partial charge in [0.25, 0.3) is 0 Å². The Kier molecular flexibility index (Phi) is 2.75. The molecule has 1 N–H and O–H groups in total. The Hall–Kier alpha value is -1.20. The lowest BCUT2D eigenvalue weighted by molar-refractivity contribution is 0.351. The minimum absolute atomic E-state index is 0.0907. The molecule has 1 saturated carbocycles. The number of halogens is 1. The average Bonchev–Trinajstić information content (AvgIpc) is 2.50. The molecule has 3 rings (SSSR count). The zero-order valence-corrected chi connectivity index (χ0v) is 10.6. The van der Waals surface area contributed by atoms with E-state index in [1.54, 1.807) is 6.08 Å². The van der Waals surface area contributed by atoms with Crippen LogP contribution >= 0.6 is 0 Å². The van der Waals surface area contributed by atoms with Crippen LogP contribution in [-0.2, 0) is 9.84 Å². The number of fused-ring (bicyclic) bond motifs is 1. The highest BCUT2D eigenvalue weighted by atomic mass is 32.2. The van der Waals surface area contributed by atoms with Crippen molar-refractivity contribution in [1.82, 2.24) is 5.32 Å². The lowest BCUT2D eigenvalue weighted by atomic mass is 9.93. The Morgan fingerprint density at radius 2 is 2.11 bits per heavy atom. The molecule has 3 nitrogen and oxygen atoms in total. The van der Waals surface area contributed by atoms with Gasteiger partial charge in [0.2, 0.25) is 9.84 Å². The number of benzene rings is 1. The molecule has 5 heteroatoms. The molecule has 1 heterocycles. The maximum atomic E-state index is 13.1. The second-order valence-electron chi connectivity index (χ2n) is 4.80. The van der Waals surface area contributed by atoms with Crippen LogP contribution in [0.1, 0.15) is 24.8 Å². The monoisotopic (exact) mass is 267 g/mol. The van der Waals surface area contributed by atoms with Crippen molar-refractivity contribution in [2.24, 2.45) is 0 Å². The SMILES string of the molecule is O=S1(=O)C(CNC2CCC2)=Cc2ccc(F)cc21. The van der Waals surface area contributed by atoms with Crippen molar-refractivity contribution in [2.45, 2.75) is 30.2 Å². The zero-order chi connectivity index (χ0) is 12.8. The predicted octanol–water partition coefficient (Wildman–Crippen LogP) is 2.10. The molecule has 0 atom stereocenters. The summed E-state index contributed by atoms with van der Waals surface area (Å²) >= 11 is 0. The molecule has 96 valence electrons. The number of nitrogens with one attached hydrogen (secondary N) is 1. The van der Waals surface area contributed by atoms with Gasteiger partial charge >= 0.3 is 0 Å². The molecule has 0 saturated heterocycles. The van der Waals surface area contributed by atoms with Crippen LogP contribution in [-0.4, -0.2) is 21.0 Å². The summed E-state index contributed by atoms with van der Waals surface area (Å²) in [5.41, 5.74) is 0.585. The molecule has 2 aliphatic rings. The number of sulfone groups is 1. The Bertz CT molecular complexity index is 618. The van der Waals surface area contributed by atoms with Crippen molar-refractivity contribution in [1.29, 1.82) is 0 Å². The fourth-order valence-corrected chi connectivity index (χ4v) is 3.80. The van der Waals surface area contributed by atoms with Gasteiger partial charge in [-0.3, -0.25) is 0 Å². The first-order valence-corrected chi connectivity index (χ1v) is 7.54. The predicted molar refractivity (Wildman–Crippen MR) is 67.2 cm³/mol. The first-order valence-electron chi connectivity index (χ1n) is 6.06. The third-order valence-electron chi connectivity index (χ3n) is 3.60. The smallest absolute Gasteiger partial charge is 0.204 e. The molecule has 0 amide bonds. The lowest BCUT2D eigenvalue weighted by Gasteiger charge is -2.26. The molecule has 0 radical (unpaired) electrons. The van der Waals surface area contributed by atoms with Crippen LogP contribution in [0.15, 0.2) is 28.0 Å². The van der Waals surface area contributed by atoms with Crippen LogP contribution in [0.25, 0.3) is 6.08 Å². The van der Waals surface area contributed by atoms with Gasteiger partial charge in [-0.25, -0.2) is 12.8 Å². The fraction of sp³-hybridized carbons (Fsp3) is 0.385. The summed E-state index contributed by atoms with van der Waals surface area (Å²) in [6.07, 6.45) is 5.05. The van der Waals surface area contributed by atoms with E-state index in [-0.39, 0.29) is 4.90 Å². The summed E-state index contributed by atoms with van der Waals surface area (Å²) in [6.45, 7) is 0.337. The first-order chi connectivity index (χ1) is 8.57. The van der Waals surface area contributed by atoms with E-state index in [1.165, 1.54) is 18.6 Å². The normalized spacial score (nSPS) is 21.3. The highest BCUT2D eigenvalue weighted by molar-refractivity contribution is 7.95. The standard InChI is InChI=1S/C13H14FNO2S/c14-10-5-4-9-6-12(8-15-11-2-1-3-11)18(16,17)13(9)7-10/h4-7,11,15H,1-3,8H2. The maximum absolute atomic E-state index is 13.1. The molecule has 1 aliphatic heterocycles. The van der Waals surface area contributed by atoms with Crippen molar-refractivity contribution in [2.75, 3.05) is 6.54 Å². The van der Waals surface area contributed by atoms with Gasteiger partial charge in [0.05, 0.1) is 9.80 Å². The van der Waals surface area contributed by atoms with Crippen molar-refractivity contribution in [3.63, 3.8) is 0 Å². The number of hydrogen-bond acceptors (Lipinski definition) is 3. The fourth-order valence-electron chi connectivity index (χ4n) is 2.26. The van der Waals surface area contributed by atoms with Gasteiger partial charge < -0.3 is 5.32 Å². The zero-order valence-electron chi connectivity index (χ0n) is 9.82. The molecule has 0 unspecified atom stereocenters. The van der Waals surface area contributed by atoms with E-state index in [4.69, 9.17) is 0 Å². The third-order valence-corrected chi connectivity index (χ3v) is 5.48. The van der Waals surface area contributed by atoms with E-state index in [1.807, 2.05) is 0 Å². The highest BCUT2D eigenvalue weighted by Crippen LogP contribution is 2.33. The molecule has 18 heavy (non-hydrogen) atoms. The Morgan fingerprint density at radius 3 is 2.78 bits per heavy atom. The lowest BCUT2D eigenvalue weighted by Crippen LogP contribution is -2.36. The molecular weight excluding hydrogens is 253 g/mol. The Labute approximate surface area is 106 Å². The average molecular weight is 267 g/mol. The van der Waals surface area contributed by atoms with E-state index in [0.29, 0.717) is 23.1 Å². The van der Waals surface area contributed by atoms with Crippen LogP contribution in [0.5, 0.6) is 0 Å². The van der Waals surface area contributed by atoms with Gasteiger partial charge in [0, 0.05) is 12.6 Å². The molecule has 1 aromatic carbocycles. The van der Waals surface area contributed by atoms with Crippen molar-refractivity contribution >= 4 is 15.9 Å². The van der Waals surface area contributed by atoms with Gasteiger partial charge in [0.1, 0.15) is 5.82 Å². The molecule has 1 fully saturated rings. The Balaban J connectivity index is 1.85. The highest BCUT2D eigenvalue weighted by Gasteiger charge is 2.30. The van der Waals surface area contributed by atoms with Gasteiger partial charge in [0.15, 0.2) is 0 Å². The van der Waals surface area contributed by atoms with E-state index in [9.17, 15) is 12.8 Å². The van der Waals surface area contributed by atoms with Crippen LogP contribution in [0.4, 0.5) is 4.39 Å². The molecule has 0 bridgehead atoms. The summed E-state index contributed by atoms with van der Waals surface area (Å²) in [7, 11) is -3.49. The van der Waals surface area contributed by atoms with Crippen molar-refractivity contribution in [3.05, 3.63) is 34.5 Å². The summed E-state index contributed by atoms with van der Waals surface area (Å²) in [5.74, 6) is -0.515. The number of rotatable bonds is 3. The molecule has 0 aromatic heterocycles. The van der Waals surface area contributed by atoms with E-state index in [2.05, 4.69) is 5.32 Å². The maximum Gasteiger partial charge on any atom is 0.204 e. The van der Waals surface area contributed by atoms with Gasteiger partial charge in [-0.2, -0.15) is 0 Å². The van der Waals surface area contributed by atoms with E-state index in [0.717, 1.165) is 18.9 Å². The van der Waals surface area contributed by atoms with E-state index < -0.39 is 15.7 Å². The summed E-state index contributed by atoms with van der Waals surface area (Å²) in [5, 5.41) is 3.22. The van der Waals surface area contributed by atoms with Crippen molar-refractivity contribution in [3.8, 4) is 0 Å². The second kappa shape index (κ2) is 4.17. The van der Waals surface area contributed by atoms with Crippen LogP contribution in [0.3, 0.4) is 0 Å². The van der Waals surface area contributed by atoms with E-state index >= 15 is 0 Å². The van der Waals surface area contributed by atoms with Gasteiger partial charge in [-0.05, 0) is 36.6 Å². The van der Waals surface area contributed by atoms with Gasteiger partial charge in [-0.1, -0.05) is 12.5 Å². The minimum atomic E-state index is -3.49.